The van der Waals surface area contributed by atoms with E-state index < -0.39 is 0 Å². The van der Waals surface area contributed by atoms with Crippen LogP contribution >= 0.6 is 0 Å². The molecule has 0 radical (unpaired) electrons. The molecule has 2 aliphatic rings. The molecule has 2 heterocycles. The number of rotatable bonds is 1. The Kier molecular flexibility index (Phi) is 5.77. The maximum atomic E-state index is 12.0. The van der Waals surface area contributed by atoms with Gasteiger partial charge in [-0.3, -0.25) is 4.79 Å². The lowest BCUT2D eigenvalue weighted by Crippen LogP contribution is -2.48. The highest BCUT2D eigenvalue weighted by atomic mass is 16.2. The zero-order valence-corrected chi connectivity index (χ0v) is 10.8. The van der Waals surface area contributed by atoms with Gasteiger partial charge in [-0.2, -0.15) is 0 Å². The highest BCUT2D eigenvalue weighted by Gasteiger charge is 2.30. The van der Waals surface area contributed by atoms with Gasteiger partial charge in [-0.25, -0.2) is 0 Å². The van der Waals surface area contributed by atoms with E-state index in [1.54, 1.807) is 0 Å². The predicted molar refractivity (Wildman–Crippen MR) is 66.4 cm³/mol. The Bertz CT molecular complexity index is 208. The van der Waals surface area contributed by atoms with E-state index in [0.29, 0.717) is 5.91 Å². The standard InChI is InChI=1S/C10H19N3O.C2H6/c1-12-5-2-9(8-12)10(14)13-6-3-11-4-7-13;1-2/h9,11H,2-8H2,1H3;1-2H3. The number of piperazine rings is 1. The number of nitrogens with one attached hydrogen (secondary N) is 1. The van der Waals surface area contributed by atoms with Crippen molar-refractivity contribution in [3.63, 3.8) is 0 Å². The van der Waals surface area contributed by atoms with E-state index in [0.717, 1.165) is 45.7 Å². The molecule has 1 N–H and O–H groups in total. The fourth-order valence-corrected chi connectivity index (χ4v) is 2.28. The van der Waals surface area contributed by atoms with Gasteiger partial charge in [0.05, 0.1) is 5.92 Å². The summed E-state index contributed by atoms with van der Waals surface area (Å²) >= 11 is 0. The topological polar surface area (TPSA) is 35.6 Å². The fourth-order valence-electron chi connectivity index (χ4n) is 2.28. The minimum Gasteiger partial charge on any atom is -0.340 e. The maximum absolute atomic E-state index is 12.0. The molecule has 4 nitrogen and oxygen atoms in total. The predicted octanol–water partition coefficient (Wildman–Crippen LogP) is 0.396. The molecule has 1 unspecified atom stereocenters. The first-order valence-electron chi connectivity index (χ1n) is 6.45. The summed E-state index contributed by atoms with van der Waals surface area (Å²) in [5.74, 6) is 0.633. The zero-order valence-electron chi connectivity index (χ0n) is 10.8. The van der Waals surface area contributed by atoms with Crippen molar-refractivity contribution in [3.05, 3.63) is 0 Å². The van der Waals surface area contributed by atoms with Crippen LogP contribution < -0.4 is 5.32 Å². The van der Waals surface area contributed by atoms with Crippen LogP contribution in [0.1, 0.15) is 20.3 Å². The average molecular weight is 227 g/mol. The van der Waals surface area contributed by atoms with Gasteiger partial charge in [-0.1, -0.05) is 13.8 Å². The van der Waals surface area contributed by atoms with Crippen LogP contribution in [0.2, 0.25) is 0 Å². The SMILES string of the molecule is CC.CN1CCC(C(=O)N2CCNCC2)C1. The van der Waals surface area contributed by atoms with Crippen molar-refractivity contribution >= 4 is 5.91 Å². The summed E-state index contributed by atoms with van der Waals surface area (Å²) < 4.78 is 0. The van der Waals surface area contributed by atoms with Gasteiger partial charge in [0.2, 0.25) is 5.91 Å². The molecule has 0 bridgehead atoms. The molecule has 16 heavy (non-hydrogen) atoms. The first kappa shape index (κ1) is 13.5. The molecule has 1 atom stereocenters. The van der Waals surface area contributed by atoms with Crippen LogP contribution in [0, 0.1) is 5.92 Å². The molecule has 2 fully saturated rings. The van der Waals surface area contributed by atoms with Gasteiger partial charge in [0, 0.05) is 32.7 Å². The third kappa shape index (κ3) is 3.46. The number of nitrogens with zero attached hydrogens (tertiary/aromatic N) is 2. The molecule has 2 saturated heterocycles. The fraction of sp³-hybridized carbons (Fsp3) is 0.917. The minimum atomic E-state index is 0.262. The Morgan fingerprint density at radius 3 is 2.31 bits per heavy atom. The van der Waals surface area contributed by atoms with E-state index in [1.807, 2.05) is 18.7 Å². The van der Waals surface area contributed by atoms with Crippen LogP contribution in [0.3, 0.4) is 0 Å². The Balaban J connectivity index is 0.000000606. The summed E-state index contributed by atoms with van der Waals surface area (Å²) in [5.41, 5.74) is 0. The van der Waals surface area contributed by atoms with Gasteiger partial charge in [0.1, 0.15) is 0 Å². The van der Waals surface area contributed by atoms with Gasteiger partial charge in [-0.15, -0.1) is 0 Å². The zero-order chi connectivity index (χ0) is 12.0. The van der Waals surface area contributed by atoms with Crippen molar-refractivity contribution in [2.24, 2.45) is 5.92 Å². The number of amides is 1. The summed E-state index contributed by atoms with van der Waals surface area (Å²) in [6.45, 7) is 9.70. The number of carbonyl (C=O) groups excluding carboxylic acids is 1. The van der Waals surface area contributed by atoms with E-state index in [-0.39, 0.29) is 5.92 Å². The number of likely N-dealkylation sites (tertiary alicyclic amines) is 1. The first-order chi connectivity index (χ1) is 7.77. The molecule has 0 aromatic carbocycles. The van der Waals surface area contributed by atoms with Crippen molar-refractivity contribution in [2.45, 2.75) is 20.3 Å². The first-order valence-corrected chi connectivity index (χ1v) is 6.45. The van der Waals surface area contributed by atoms with Crippen molar-refractivity contribution in [1.29, 1.82) is 0 Å². The normalized spacial score (nSPS) is 26.2. The van der Waals surface area contributed by atoms with Crippen molar-refractivity contribution < 1.29 is 4.79 Å². The Labute approximate surface area is 99.0 Å². The summed E-state index contributed by atoms with van der Waals surface area (Å²) in [6, 6.07) is 0. The van der Waals surface area contributed by atoms with Gasteiger partial charge in [-0.05, 0) is 20.0 Å². The third-order valence-electron chi connectivity index (χ3n) is 3.17. The number of hydrogen-bond donors (Lipinski definition) is 1. The molecule has 2 aliphatic heterocycles. The molecular weight excluding hydrogens is 202 g/mol. The lowest BCUT2D eigenvalue weighted by atomic mass is 10.1. The smallest absolute Gasteiger partial charge is 0.227 e. The van der Waals surface area contributed by atoms with E-state index in [2.05, 4.69) is 17.3 Å². The van der Waals surface area contributed by atoms with Gasteiger partial charge < -0.3 is 15.1 Å². The molecule has 1 amide bonds. The summed E-state index contributed by atoms with van der Waals surface area (Å²) in [7, 11) is 2.09. The van der Waals surface area contributed by atoms with Crippen molar-refractivity contribution in [1.82, 2.24) is 15.1 Å². The van der Waals surface area contributed by atoms with Gasteiger partial charge in [0.15, 0.2) is 0 Å². The molecule has 94 valence electrons. The monoisotopic (exact) mass is 227 g/mol. The van der Waals surface area contributed by atoms with E-state index in [1.165, 1.54) is 0 Å². The Morgan fingerprint density at radius 1 is 1.19 bits per heavy atom. The number of hydrogen-bond acceptors (Lipinski definition) is 3. The van der Waals surface area contributed by atoms with Crippen molar-refractivity contribution in [2.75, 3.05) is 46.3 Å². The highest BCUT2D eigenvalue weighted by Crippen LogP contribution is 2.17. The highest BCUT2D eigenvalue weighted by molar-refractivity contribution is 5.79. The van der Waals surface area contributed by atoms with Crippen LogP contribution in [0.4, 0.5) is 0 Å². The van der Waals surface area contributed by atoms with Crippen LogP contribution in [-0.4, -0.2) is 62.0 Å². The maximum Gasteiger partial charge on any atom is 0.227 e. The van der Waals surface area contributed by atoms with Crippen LogP contribution in [0.5, 0.6) is 0 Å². The second-order valence-electron chi connectivity index (χ2n) is 4.32. The Hall–Kier alpha value is -0.610. The lowest BCUT2D eigenvalue weighted by molar-refractivity contribution is -0.135. The molecular formula is C12H25N3O. The second-order valence-corrected chi connectivity index (χ2v) is 4.32. The molecule has 0 aromatic heterocycles. The quantitative estimate of drug-likeness (QED) is 0.704. The largest absolute Gasteiger partial charge is 0.340 e. The van der Waals surface area contributed by atoms with Crippen molar-refractivity contribution in [3.8, 4) is 0 Å². The van der Waals surface area contributed by atoms with Crippen LogP contribution in [0.15, 0.2) is 0 Å². The van der Waals surface area contributed by atoms with E-state index in [4.69, 9.17) is 0 Å². The third-order valence-corrected chi connectivity index (χ3v) is 3.17. The summed E-state index contributed by atoms with van der Waals surface area (Å²) in [4.78, 5) is 16.3. The molecule has 0 aliphatic carbocycles. The molecule has 0 saturated carbocycles. The average Bonchev–Trinajstić information content (AvgIpc) is 2.79. The van der Waals surface area contributed by atoms with Crippen LogP contribution in [-0.2, 0) is 4.79 Å². The summed E-state index contributed by atoms with van der Waals surface area (Å²) in [5, 5.41) is 3.26. The molecule has 2 rings (SSSR count). The number of carbonyl (C=O) groups is 1. The minimum absolute atomic E-state index is 0.262. The molecule has 0 aromatic rings. The molecule has 4 heteroatoms. The van der Waals surface area contributed by atoms with Gasteiger partial charge >= 0.3 is 0 Å². The van der Waals surface area contributed by atoms with Gasteiger partial charge in [0.25, 0.3) is 0 Å². The van der Waals surface area contributed by atoms with Crippen LogP contribution in [0.25, 0.3) is 0 Å². The lowest BCUT2D eigenvalue weighted by Gasteiger charge is -2.29. The molecule has 0 spiro atoms. The van der Waals surface area contributed by atoms with E-state index in [9.17, 15) is 4.79 Å². The summed E-state index contributed by atoms with van der Waals surface area (Å²) in [6.07, 6.45) is 1.04. The second kappa shape index (κ2) is 6.86. The Morgan fingerprint density at radius 2 is 1.81 bits per heavy atom. The van der Waals surface area contributed by atoms with E-state index >= 15 is 0 Å².